The fourth-order valence-corrected chi connectivity index (χ4v) is 3.52. The van der Waals surface area contributed by atoms with Crippen LogP contribution in [0, 0.1) is 6.92 Å². The Morgan fingerprint density at radius 2 is 2.08 bits per heavy atom. The first kappa shape index (κ1) is 16.8. The number of fused-ring (bicyclic) bond motifs is 2. The van der Waals surface area contributed by atoms with Crippen LogP contribution in [0.4, 0.5) is 4.79 Å². The molecule has 26 heavy (non-hydrogen) atoms. The summed E-state index contributed by atoms with van der Waals surface area (Å²) in [6.45, 7) is 3.33. The van der Waals surface area contributed by atoms with Crippen LogP contribution in [0.2, 0.25) is 0 Å². The number of hydrogen-bond donors (Lipinski definition) is 0. The Labute approximate surface area is 153 Å². The number of hydrogen-bond acceptors (Lipinski definition) is 4. The summed E-state index contributed by atoms with van der Waals surface area (Å²) in [5.41, 5.74) is 4.28. The lowest BCUT2D eigenvalue weighted by Gasteiger charge is -2.43. The SMILES string of the molecule is Cc1ccc(C2=CC3COCC(C2)N3C(=O)OCc2ccccc2)nc1. The van der Waals surface area contributed by atoms with Gasteiger partial charge in [-0.3, -0.25) is 9.88 Å². The van der Waals surface area contributed by atoms with Crippen LogP contribution in [0.5, 0.6) is 0 Å². The van der Waals surface area contributed by atoms with Crippen molar-refractivity contribution in [1.82, 2.24) is 9.88 Å². The Kier molecular flexibility index (Phi) is 4.71. The van der Waals surface area contributed by atoms with E-state index >= 15 is 0 Å². The van der Waals surface area contributed by atoms with Crippen molar-refractivity contribution in [2.24, 2.45) is 0 Å². The second-order valence-electron chi connectivity index (χ2n) is 6.82. The molecule has 2 aliphatic rings. The van der Waals surface area contributed by atoms with Crippen LogP contribution in [-0.2, 0) is 16.1 Å². The molecule has 4 rings (SSSR count). The van der Waals surface area contributed by atoms with Crippen molar-refractivity contribution in [2.45, 2.75) is 32.0 Å². The quantitative estimate of drug-likeness (QED) is 0.849. The lowest BCUT2D eigenvalue weighted by Crippen LogP contribution is -2.56. The Morgan fingerprint density at radius 3 is 2.81 bits per heavy atom. The van der Waals surface area contributed by atoms with E-state index in [1.807, 2.05) is 54.4 Å². The molecule has 5 nitrogen and oxygen atoms in total. The van der Waals surface area contributed by atoms with E-state index in [1.165, 1.54) is 5.57 Å². The fourth-order valence-electron chi connectivity index (χ4n) is 3.52. The number of pyridine rings is 1. The maximum atomic E-state index is 12.7. The van der Waals surface area contributed by atoms with Gasteiger partial charge in [-0.1, -0.05) is 42.5 Å². The molecule has 2 bridgehead atoms. The minimum Gasteiger partial charge on any atom is -0.445 e. The zero-order valence-electron chi connectivity index (χ0n) is 14.8. The standard InChI is InChI=1S/C21H22N2O3/c1-15-7-8-20(22-11-15)17-9-18-13-25-14-19(10-17)23(18)21(24)26-12-16-5-3-2-4-6-16/h2-9,11,18-19H,10,12-14H2,1H3. The Balaban J connectivity index is 1.49. The van der Waals surface area contributed by atoms with Crippen molar-refractivity contribution in [3.63, 3.8) is 0 Å². The van der Waals surface area contributed by atoms with E-state index in [4.69, 9.17) is 9.47 Å². The van der Waals surface area contributed by atoms with E-state index in [0.29, 0.717) is 13.2 Å². The molecule has 5 heteroatoms. The smallest absolute Gasteiger partial charge is 0.411 e. The normalized spacial score (nSPS) is 21.9. The first-order valence-electron chi connectivity index (χ1n) is 8.91. The topological polar surface area (TPSA) is 51.7 Å². The zero-order valence-corrected chi connectivity index (χ0v) is 14.8. The molecule has 134 valence electrons. The van der Waals surface area contributed by atoms with Crippen molar-refractivity contribution < 1.29 is 14.3 Å². The summed E-state index contributed by atoms with van der Waals surface area (Å²) in [7, 11) is 0. The van der Waals surface area contributed by atoms with Crippen molar-refractivity contribution in [3.8, 4) is 0 Å². The molecule has 0 aliphatic carbocycles. The second kappa shape index (κ2) is 7.30. The van der Waals surface area contributed by atoms with Gasteiger partial charge in [-0.15, -0.1) is 0 Å². The number of carbonyl (C=O) groups excluding carboxylic acids is 1. The summed E-state index contributed by atoms with van der Waals surface area (Å²) in [4.78, 5) is 19.0. The number of morpholine rings is 1. The van der Waals surface area contributed by atoms with Crippen LogP contribution in [0.15, 0.2) is 54.7 Å². The average molecular weight is 350 g/mol. The first-order chi connectivity index (χ1) is 12.7. The van der Waals surface area contributed by atoms with Crippen molar-refractivity contribution in [3.05, 3.63) is 71.6 Å². The number of benzene rings is 1. The molecule has 1 fully saturated rings. The minimum atomic E-state index is -0.278. The van der Waals surface area contributed by atoms with E-state index < -0.39 is 0 Å². The van der Waals surface area contributed by atoms with Crippen molar-refractivity contribution in [1.29, 1.82) is 0 Å². The van der Waals surface area contributed by atoms with E-state index in [1.54, 1.807) is 0 Å². The molecular formula is C21H22N2O3. The van der Waals surface area contributed by atoms with Crippen LogP contribution in [0.3, 0.4) is 0 Å². The summed E-state index contributed by atoms with van der Waals surface area (Å²) in [6, 6.07) is 13.7. The third-order valence-electron chi connectivity index (χ3n) is 4.85. The van der Waals surface area contributed by atoms with Crippen LogP contribution in [-0.4, -0.2) is 41.3 Å². The number of ether oxygens (including phenoxy) is 2. The minimum absolute atomic E-state index is 0.0138. The number of carbonyl (C=O) groups is 1. The van der Waals surface area contributed by atoms with Crippen LogP contribution < -0.4 is 0 Å². The molecule has 1 amide bonds. The van der Waals surface area contributed by atoms with Crippen molar-refractivity contribution >= 4 is 11.7 Å². The summed E-state index contributed by atoms with van der Waals surface area (Å²) < 4.78 is 11.2. The van der Waals surface area contributed by atoms with Gasteiger partial charge < -0.3 is 9.47 Å². The lowest BCUT2D eigenvalue weighted by molar-refractivity contribution is -0.0342. The Bertz CT molecular complexity index is 802. The van der Waals surface area contributed by atoms with Gasteiger partial charge in [0.1, 0.15) is 6.61 Å². The maximum absolute atomic E-state index is 12.7. The second-order valence-corrected chi connectivity index (χ2v) is 6.82. The predicted octanol–water partition coefficient (Wildman–Crippen LogP) is 3.58. The molecule has 2 atom stereocenters. The van der Waals surface area contributed by atoms with Gasteiger partial charge in [-0.05, 0) is 36.1 Å². The summed E-state index contributed by atoms with van der Waals surface area (Å²) in [5, 5.41) is 0. The third-order valence-corrected chi connectivity index (χ3v) is 4.85. The zero-order chi connectivity index (χ0) is 17.9. The van der Waals surface area contributed by atoms with E-state index in [-0.39, 0.29) is 24.8 Å². The van der Waals surface area contributed by atoms with Crippen LogP contribution in [0.1, 0.15) is 23.2 Å². The molecule has 1 aromatic heterocycles. The molecule has 0 saturated carbocycles. The largest absolute Gasteiger partial charge is 0.445 e. The van der Waals surface area contributed by atoms with Gasteiger partial charge in [-0.2, -0.15) is 0 Å². The van der Waals surface area contributed by atoms with Gasteiger partial charge in [-0.25, -0.2) is 4.79 Å². The van der Waals surface area contributed by atoms with Gasteiger partial charge in [0.05, 0.1) is 31.0 Å². The van der Waals surface area contributed by atoms with Gasteiger partial charge in [0.25, 0.3) is 0 Å². The highest BCUT2D eigenvalue weighted by molar-refractivity contribution is 5.73. The summed E-state index contributed by atoms with van der Waals surface area (Å²) in [6.07, 6.45) is 4.42. The van der Waals surface area contributed by atoms with E-state index in [2.05, 4.69) is 17.1 Å². The number of rotatable bonds is 3. The molecule has 3 heterocycles. The average Bonchev–Trinajstić information content (AvgIpc) is 2.66. The molecule has 0 N–H and O–H groups in total. The molecular weight excluding hydrogens is 328 g/mol. The highest BCUT2D eigenvalue weighted by Crippen LogP contribution is 2.32. The fraction of sp³-hybridized carbons (Fsp3) is 0.333. The Hall–Kier alpha value is -2.66. The molecule has 2 aliphatic heterocycles. The lowest BCUT2D eigenvalue weighted by atomic mass is 9.92. The van der Waals surface area contributed by atoms with Gasteiger partial charge >= 0.3 is 6.09 Å². The molecule has 0 spiro atoms. The first-order valence-corrected chi connectivity index (χ1v) is 8.91. The van der Waals surface area contributed by atoms with E-state index in [0.717, 1.165) is 23.2 Å². The maximum Gasteiger partial charge on any atom is 0.411 e. The predicted molar refractivity (Wildman–Crippen MR) is 98.4 cm³/mol. The van der Waals surface area contributed by atoms with Gasteiger partial charge in [0.2, 0.25) is 0 Å². The highest BCUT2D eigenvalue weighted by Gasteiger charge is 2.39. The Morgan fingerprint density at radius 1 is 1.23 bits per heavy atom. The van der Waals surface area contributed by atoms with Crippen LogP contribution in [0.25, 0.3) is 5.57 Å². The number of aryl methyl sites for hydroxylation is 1. The monoisotopic (exact) mass is 350 g/mol. The summed E-state index contributed by atoms with van der Waals surface area (Å²) >= 11 is 0. The summed E-state index contributed by atoms with van der Waals surface area (Å²) in [5.74, 6) is 0. The highest BCUT2D eigenvalue weighted by atomic mass is 16.6. The molecule has 0 radical (unpaired) electrons. The van der Waals surface area contributed by atoms with E-state index in [9.17, 15) is 4.79 Å². The van der Waals surface area contributed by atoms with Crippen LogP contribution >= 0.6 is 0 Å². The van der Waals surface area contributed by atoms with Crippen molar-refractivity contribution in [2.75, 3.05) is 13.2 Å². The number of nitrogens with zero attached hydrogens (tertiary/aromatic N) is 2. The number of amides is 1. The molecule has 1 saturated heterocycles. The molecule has 2 unspecified atom stereocenters. The number of aromatic nitrogens is 1. The third kappa shape index (κ3) is 3.48. The molecule has 2 aromatic rings. The molecule has 1 aromatic carbocycles. The van der Waals surface area contributed by atoms with Gasteiger partial charge in [0.15, 0.2) is 0 Å². The van der Waals surface area contributed by atoms with Gasteiger partial charge in [0, 0.05) is 6.20 Å².